The van der Waals surface area contributed by atoms with Crippen LogP contribution in [0.15, 0.2) is 0 Å². The van der Waals surface area contributed by atoms with Gasteiger partial charge in [0.1, 0.15) is 0 Å². The monoisotopic (exact) mass is 234 g/mol. The molecule has 11 heavy (non-hydrogen) atoms. The van der Waals surface area contributed by atoms with Crippen molar-refractivity contribution >= 4 is 25.3 Å². The van der Waals surface area contributed by atoms with Crippen molar-refractivity contribution in [1.29, 1.82) is 0 Å². The van der Waals surface area contributed by atoms with E-state index in [2.05, 4.69) is 0 Å². The molecule has 0 nitrogen and oxygen atoms in total. The van der Waals surface area contributed by atoms with Gasteiger partial charge in [-0.25, -0.2) is 0 Å². The van der Waals surface area contributed by atoms with Crippen LogP contribution in [0.2, 0.25) is 0 Å². The van der Waals surface area contributed by atoms with Gasteiger partial charge in [-0.15, -0.1) is 0 Å². The van der Waals surface area contributed by atoms with Crippen molar-refractivity contribution in [3.63, 3.8) is 0 Å². The molecular weight excluding hydrogens is 216 g/mol. The molecule has 0 atom stereocenters. The average molecular weight is 234 g/mol. The van der Waals surface area contributed by atoms with Crippen molar-refractivity contribution < 1.29 is 17.1 Å². The van der Waals surface area contributed by atoms with Gasteiger partial charge in [-0.1, -0.05) is 41.5 Å². The Hall–Kier alpha value is 1.22. The Morgan fingerprint density at radius 3 is 0.636 bits per heavy atom. The first kappa shape index (κ1) is 18.1. The number of rotatable bonds is 0. The zero-order valence-corrected chi connectivity index (χ0v) is 10.9. The van der Waals surface area contributed by atoms with E-state index in [0.717, 1.165) is 0 Å². The Balaban J connectivity index is -0.000000107. The summed E-state index contributed by atoms with van der Waals surface area (Å²) < 4.78 is 0.167. The van der Waals surface area contributed by atoms with Crippen LogP contribution in [0, 0.1) is 0 Å². The van der Waals surface area contributed by atoms with E-state index in [1.807, 2.05) is 41.5 Å². The molecule has 70 valence electrons. The first-order chi connectivity index (χ1) is 4.00. The predicted molar refractivity (Wildman–Crippen MR) is 54.2 cm³/mol. The molecular formula is C8H18FeS2. The third-order valence-electron chi connectivity index (χ3n) is 0. The molecule has 0 N–H and O–H groups in total. The zero-order valence-electron chi connectivity index (χ0n) is 8.17. The van der Waals surface area contributed by atoms with Crippen molar-refractivity contribution in [3.05, 3.63) is 0 Å². The van der Waals surface area contributed by atoms with Gasteiger partial charge in [0.2, 0.25) is 0 Å². The second-order valence-corrected chi connectivity index (χ2v) is 6.67. The fourth-order valence-corrected chi connectivity index (χ4v) is 0. The molecule has 0 saturated heterocycles. The zero-order chi connectivity index (χ0) is 9.00. The van der Waals surface area contributed by atoms with Crippen molar-refractivity contribution in [3.8, 4) is 0 Å². The van der Waals surface area contributed by atoms with Crippen LogP contribution in [0.4, 0.5) is 0 Å². The molecule has 0 aromatic rings. The Kier molecular flexibility index (Phi) is 11.0. The maximum Gasteiger partial charge on any atom is 2.00 e. The minimum atomic E-state index is 0. The summed E-state index contributed by atoms with van der Waals surface area (Å²) in [5.74, 6) is 0. The van der Waals surface area contributed by atoms with Crippen LogP contribution in [0.3, 0.4) is 0 Å². The first-order valence-electron chi connectivity index (χ1n) is 3.41. The smallest absolute Gasteiger partial charge is 0.787 e. The van der Waals surface area contributed by atoms with Gasteiger partial charge in [-0.2, -0.15) is 9.49 Å². The summed E-state index contributed by atoms with van der Waals surface area (Å²) in [6.45, 7) is 12.0. The van der Waals surface area contributed by atoms with Crippen LogP contribution in [-0.4, -0.2) is 9.49 Å². The third-order valence-corrected chi connectivity index (χ3v) is 0. The van der Waals surface area contributed by atoms with Crippen molar-refractivity contribution in [2.45, 2.75) is 51.0 Å². The molecule has 0 unspecified atom stereocenters. The Labute approximate surface area is 93.2 Å². The van der Waals surface area contributed by atoms with Crippen molar-refractivity contribution in [2.24, 2.45) is 0 Å². The molecule has 0 heterocycles. The van der Waals surface area contributed by atoms with Gasteiger partial charge in [0.05, 0.1) is 0 Å². The van der Waals surface area contributed by atoms with Gasteiger partial charge >= 0.3 is 17.1 Å². The molecule has 3 heteroatoms. The normalized spacial score (nSPS) is 10.9. The fraction of sp³-hybridized carbons (Fsp3) is 1.00. The molecule has 0 aliphatic rings. The minimum Gasteiger partial charge on any atom is -0.787 e. The van der Waals surface area contributed by atoms with E-state index >= 15 is 0 Å². The first-order valence-corrected chi connectivity index (χ1v) is 4.22. The Morgan fingerprint density at radius 2 is 0.636 bits per heavy atom. The summed E-state index contributed by atoms with van der Waals surface area (Å²) >= 11 is 9.65. The van der Waals surface area contributed by atoms with E-state index in [-0.39, 0.29) is 26.6 Å². The maximum absolute atomic E-state index is 4.83. The van der Waals surface area contributed by atoms with Gasteiger partial charge in [-0.05, 0) is 0 Å². The van der Waals surface area contributed by atoms with Crippen LogP contribution in [0.1, 0.15) is 41.5 Å². The molecule has 0 bridgehead atoms. The second-order valence-electron chi connectivity index (χ2n) is 4.22. The van der Waals surface area contributed by atoms with E-state index in [0.29, 0.717) is 0 Å². The van der Waals surface area contributed by atoms with Crippen LogP contribution in [0.25, 0.3) is 0 Å². The summed E-state index contributed by atoms with van der Waals surface area (Å²) in [5.41, 5.74) is 0. The van der Waals surface area contributed by atoms with Crippen LogP contribution >= 0.6 is 0 Å². The molecule has 0 aromatic heterocycles. The molecule has 0 fully saturated rings. The van der Waals surface area contributed by atoms with Crippen LogP contribution in [-0.2, 0) is 42.3 Å². The summed E-state index contributed by atoms with van der Waals surface area (Å²) in [6, 6.07) is 0. The van der Waals surface area contributed by atoms with E-state index in [9.17, 15) is 0 Å². The van der Waals surface area contributed by atoms with Crippen LogP contribution in [0.5, 0.6) is 0 Å². The summed E-state index contributed by atoms with van der Waals surface area (Å²) in [7, 11) is 0. The molecule has 0 amide bonds. The molecule has 0 radical (unpaired) electrons. The number of hydrogen-bond donors (Lipinski definition) is 0. The van der Waals surface area contributed by atoms with Crippen LogP contribution < -0.4 is 0 Å². The standard InChI is InChI=1S/2C4H10S.Fe/c2*1-4(2,3)5;/h2*5H,1-3H3;/q;;+2/p-2. The second kappa shape index (κ2) is 6.71. The van der Waals surface area contributed by atoms with Gasteiger partial charge in [0.15, 0.2) is 0 Å². The fourth-order valence-electron chi connectivity index (χ4n) is 0. The number of hydrogen-bond acceptors (Lipinski definition) is 2. The van der Waals surface area contributed by atoms with Crippen molar-refractivity contribution in [1.82, 2.24) is 0 Å². The predicted octanol–water partition coefficient (Wildman–Crippen LogP) is 2.66. The van der Waals surface area contributed by atoms with E-state index in [4.69, 9.17) is 25.3 Å². The van der Waals surface area contributed by atoms with Crippen molar-refractivity contribution in [2.75, 3.05) is 0 Å². The van der Waals surface area contributed by atoms with E-state index in [1.54, 1.807) is 0 Å². The Morgan fingerprint density at radius 1 is 0.636 bits per heavy atom. The van der Waals surface area contributed by atoms with Gasteiger partial charge in [0.25, 0.3) is 0 Å². The molecule has 0 spiro atoms. The quantitative estimate of drug-likeness (QED) is 0.467. The maximum atomic E-state index is 4.83. The molecule has 0 aliphatic carbocycles. The van der Waals surface area contributed by atoms with E-state index in [1.165, 1.54) is 0 Å². The topological polar surface area (TPSA) is 0 Å². The molecule has 0 rings (SSSR count). The average Bonchev–Trinajstić information content (AvgIpc) is 1.12. The summed E-state index contributed by atoms with van der Waals surface area (Å²) in [6.07, 6.45) is 0. The summed E-state index contributed by atoms with van der Waals surface area (Å²) in [5, 5.41) is 0. The molecule has 0 aliphatic heterocycles. The largest absolute Gasteiger partial charge is 2.00 e. The van der Waals surface area contributed by atoms with Gasteiger partial charge < -0.3 is 25.3 Å². The summed E-state index contributed by atoms with van der Waals surface area (Å²) in [4.78, 5) is 0. The van der Waals surface area contributed by atoms with Gasteiger partial charge in [0, 0.05) is 0 Å². The van der Waals surface area contributed by atoms with Gasteiger partial charge in [-0.3, -0.25) is 0 Å². The Bertz CT molecular complexity index is 55.1. The minimum absolute atomic E-state index is 0. The van der Waals surface area contributed by atoms with E-state index < -0.39 is 0 Å². The molecule has 0 saturated carbocycles. The SMILES string of the molecule is CC(C)(C)[S-].CC(C)(C)[S-].[Fe+2]. The molecule has 0 aromatic carbocycles. The third kappa shape index (κ3) is 641.